The van der Waals surface area contributed by atoms with Crippen LogP contribution >= 0.6 is 27.5 Å². The Kier molecular flexibility index (Phi) is 6.70. The second-order valence-electron chi connectivity index (χ2n) is 7.44. The molecule has 34 heavy (non-hydrogen) atoms. The van der Waals surface area contributed by atoms with Crippen molar-refractivity contribution in [2.24, 2.45) is 0 Å². The lowest BCUT2D eigenvalue weighted by molar-refractivity contribution is -0.140. The second-order valence-corrected chi connectivity index (χ2v) is 8.76. The molecule has 10 heteroatoms. The van der Waals surface area contributed by atoms with E-state index in [4.69, 9.17) is 21.1 Å². The van der Waals surface area contributed by atoms with Gasteiger partial charge in [-0.05, 0) is 42.0 Å². The topological polar surface area (TPSA) is 100 Å². The number of hydrogen-bond acceptors (Lipinski definition) is 5. The van der Waals surface area contributed by atoms with Gasteiger partial charge in [-0.2, -0.15) is 0 Å². The second kappa shape index (κ2) is 9.54. The number of urea groups is 1. The van der Waals surface area contributed by atoms with Crippen LogP contribution in [0.1, 0.15) is 11.1 Å². The number of hydrogen-bond donors (Lipinski definition) is 3. The molecule has 8 nitrogen and oxygen atoms in total. The van der Waals surface area contributed by atoms with Crippen molar-refractivity contribution in [2.45, 2.75) is 12.3 Å². The molecule has 0 spiro atoms. The number of carbonyl (C=O) groups is 2. The van der Waals surface area contributed by atoms with E-state index in [1.165, 1.54) is 20.3 Å². The normalized spacial score (nSPS) is 17.0. The lowest BCUT2D eigenvalue weighted by Crippen LogP contribution is -2.62. The average Bonchev–Trinajstić information content (AvgIpc) is 2.84. The number of aliphatic hydroxyl groups is 1. The maximum absolute atomic E-state index is 13.6. The Balaban J connectivity index is 1.84. The molecule has 1 atom stereocenters. The Bertz CT molecular complexity index is 1270. The van der Waals surface area contributed by atoms with E-state index in [0.717, 1.165) is 4.90 Å². The summed E-state index contributed by atoms with van der Waals surface area (Å²) < 4.78 is 11.3. The summed E-state index contributed by atoms with van der Waals surface area (Å²) in [7, 11) is 2.91. The van der Waals surface area contributed by atoms with Crippen LogP contribution in [0.15, 0.2) is 65.1 Å². The number of fused-ring (bicyclic) bond motifs is 1. The van der Waals surface area contributed by atoms with Gasteiger partial charge in [0.2, 0.25) is 0 Å². The fourth-order valence-electron chi connectivity index (χ4n) is 3.77. The zero-order chi connectivity index (χ0) is 24.5. The van der Waals surface area contributed by atoms with E-state index in [2.05, 4.69) is 26.6 Å². The van der Waals surface area contributed by atoms with E-state index >= 15 is 0 Å². The molecular formula is C24H21BrClN3O5. The summed E-state index contributed by atoms with van der Waals surface area (Å²) in [4.78, 5) is 27.9. The molecule has 4 rings (SSSR count). The molecule has 3 aromatic rings. The Labute approximate surface area is 209 Å². The highest BCUT2D eigenvalue weighted by Gasteiger charge is 2.52. The third-order valence-corrected chi connectivity index (χ3v) is 6.33. The molecule has 0 bridgehead atoms. The van der Waals surface area contributed by atoms with Crippen molar-refractivity contribution in [3.63, 3.8) is 0 Å². The van der Waals surface area contributed by atoms with E-state index in [0.29, 0.717) is 26.5 Å². The molecule has 0 aromatic heterocycles. The minimum absolute atomic E-state index is 0.0410. The zero-order valence-electron chi connectivity index (χ0n) is 18.3. The minimum Gasteiger partial charge on any atom is -0.497 e. The van der Waals surface area contributed by atoms with Gasteiger partial charge in [0.25, 0.3) is 11.6 Å². The Morgan fingerprint density at radius 2 is 1.91 bits per heavy atom. The first kappa shape index (κ1) is 23.9. The number of benzene rings is 3. The van der Waals surface area contributed by atoms with Gasteiger partial charge in [-0.1, -0.05) is 45.7 Å². The number of methoxy groups -OCH3 is 2. The van der Waals surface area contributed by atoms with Crippen molar-refractivity contribution < 1.29 is 24.2 Å². The van der Waals surface area contributed by atoms with Gasteiger partial charge >= 0.3 is 6.03 Å². The van der Waals surface area contributed by atoms with Gasteiger partial charge in [0, 0.05) is 27.7 Å². The first-order valence-corrected chi connectivity index (χ1v) is 11.3. The molecule has 1 aliphatic heterocycles. The number of carbonyl (C=O) groups excluding carboxylic acids is 2. The number of amides is 3. The average molecular weight is 547 g/mol. The summed E-state index contributed by atoms with van der Waals surface area (Å²) in [6.07, 6.45) is 0. The smallest absolute Gasteiger partial charge is 0.329 e. The molecule has 1 heterocycles. The van der Waals surface area contributed by atoms with E-state index in [1.54, 1.807) is 54.6 Å². The first-order valence-electron chi connectivity index (χ1n) is 10.2. The fourth-order valence-corrected chi connectivity index (χ4v) is 4.33. The van der Waals surface area contributed by atoms with Gasteiger partial charge in [-0.3, -0.25) is 4.79 Å². The van der Waals surface area contributed by atoms with Crippen molar-refractivity contribution in [3.05, 3.63) is 81.3 Å². The van der Waals surface area contributed by atoms with Crippen LogP contribution < -0.4 is 25.0 Å². The van der Waals surface area contributed by atoms with Crippen LogP contribution in [-0.2, 0) is 17.1 Å². The molecule has 0 saturated carbocycles. The molecule has 176 valence electrons. The molecule has 0 aliphatic carbocycles. The third-order valence-electron chi connectivity index (χ3n) is 5.47. The van der Waals surface area contributed by atoms with Crippen molar-refractivity contribution in [3.8, 4) is 11.5 Å². The summed E-state index contributed by atoms with van der Waals surface area (Å²) in [5, 5.41) is 17.9. The number of nitrogens with zero attached hydrogens (tertiary/aromatic N) is 1. The third kappa shape index (κ3) is 4.18. The predicted molar refractivity (Wildman–Crippen MR) is 132 cm³/mol. The van der Waals surface area contributed by atoms with Crippen LogP contribution in [-0.4, -0.2) is 31.3 Å². The minimum atomic E-state index is -2.41. The van der Waals surface area contributed by atoms with Gasteiger partial charge in [-0.25, -0.2) is 9.69 Å². The molecule has 1 unspecified atom stereocenters. The van der Waals surface area contributed by atoms with E-state index in [1.807, 2.05) is 0 Å². The highest BCUT2D eigenvalue weighted by molar-refractivity contribution is 9.10. The Hall–Kier alpha value is -3.27. The van der Waals surface area contributed by atoms with E-state index < -0.39 is 17.7 Å². The molecule has 3 amide bonds. The molecule has 0 saturated heterocycles. The van der Waals surface area contributed by atoms with Crippen molar-refractivity contribution in [1.29, 1.82) is 0 Å². The van der Waals surface area contributed by atoms with Crippen molar-refractivity contribution >= 4 is 50.8 Å². The number of ether oxygens (including phenoxy) is 2. The molecule has 3 N–H and O–H groups in total. The molecule has 3 aromatic carbocycles. The Morgan fingerprint density at radius 3 is 2.62 bits per heavy atom. The lowest BCUT2D eigenvalue weighted by Gasteiger charge is -2.43. The monoisotopic (exact) mass is 545 g/mol. The summed E-state index contributed by atoms with van der Waals surface area (Å²) in [5.74, 6) is -0.113. The first-order chi connectivity index (χ1) is 16.3. The van der Waals surface area contributed by atoms with Crippen LogP contribution in [0.4, 0.5) is 16.2 Å². The summed E-state index contributed by atoms with van der Waals surface area (Å²) in [6.45, 7) is 0.0410. The number of rotatable bonds is 6. The van der Waals surface area contributed by atoms with Crippen LogP contribution in [0.2, 0.25) is 5.02 Å². The summed E-state index contributed by atoms with van der Waals surface area (Å²) >= 11 is 9.60. The highest BCUT2D eigenvalue weighted by atomic mass is 79.9. The maximum atomic E-state index is 13.6. The maximum Gasteiger partial charge on any atom is 0.329 e. The standard InChI is InChI=1S/C24H21BrClN3O5/c1-33-16-8-10-20(21(12-16)34-2)29-23(31)28-19-9-7-15(25)11-17(19)24(29,32)22(30)27-13-14-5-3-4-6-18(14)26/h3-12,32H,13H2,1-2H3,(H,27,30)(H,28,31). The fraction of sp³-hybridized carbons (Fsp3) is 0.167. The largest absolute Gasteiger partial charge is 0.497 e. The Morgan fingerprint density at radius 1 is 1.15 bits per heavy atom. The highest BCUT2D eigenvalue weighted by Crippen LogP contribution is 2.44. The molecule has 0 radical (unpaired) electrons. The quantitative estimate of drug-likeness (QED) is 0.419. The number of halogens is 2. The van der Waals surface area contributed by atoms with Crippen molar-refractivity contribution in [2.75, 3.05) is 24.4 Å². The number of nitrogens with one attached hydrogen (secondary N) is 2. The van der Waals surface area contributed by atoms with Gasteiger partial charge in [-0.15, -0.1) is 0 Å². The molecular weight excluding hydrogens is 526 g/mol. The van der Waals surface area contributed by atoms with Crippen molar-refractivity contribution in [1.82, 2.24) is 5.32 Å². The predicted octanol–water partition coefficient (Wildman–Crippen LogP) is 4.63. The number of anilines is 2. The molecule has 1 aliphatic rings. The van der Waals surface area contributed by atoms with Crippen LogP contribution in [0.3, 0.4) is 0 Å². The van der Waals surface area contributed by atoms with Crippen LogP contribution in [0.25, 0.3) is 0 Å². The summed E-state index contributed by atoms with van der Waals surface area (Å²) in [5.41, 5.74) is -1.11. The van der Waals surface area contributed by atoms with Gasteiger partial charge in [0.15, 0.2) is 0 Å². The lowest BCUT2D eigenvalue weighted by atomic mass is 9.94. The zero-order valence-corrected chi connectivity index (χ0v) is 20.6. The van der Waals surface area contributed by atoms with E-state index in [9.17, 15) is 14.7 Å². The van der Waals surface area contributed by atoms with Gasteiger partial charge in [0.05, 0.1) is 25.6 Å². The van der Waals surface area contributed by atoms with Crippen LogP contribution in [0, 0.1) is 0 Å². The molecule has 0 fully saturated rings. The SMILES string of the molecule is COc1ccc(N2C(=O)Nc3ccc(Br)cc3C2(O)C(=O)NCc2ccccc2Cl)c(OC)c1. The van der Waals surface area contributed by atoms with E-state index in [-0.39, 0.29) is 23.5 Å². The van der Waals surface area contributed by atoms with Crippen LogP contribution in [0.5, 0.6) is 11.5 Å². The van der Waals surface area contributed by atoms with Gasteiger partial charge < -0.3 is 25.2 Å². The summed E-state index contributed by atoms with van der Waals surface area (Å²) in [6, 6.07) is 15.9. The van der Waals surface area contributed by atoms with Gasteiger partial charge in [0.1, 0.15) is 11.5 Å².